The van der Waals surface area contributed by atoms with Crippen molar-refractivity contribution in [2.24, 2.45) is 0 Å². The quantitative estimate of drug-likeness (QED) is 0.810. The van der Waals surface area contributed by atoms with Crippen LogP contribution < -0.4 is 4.74 Å². The third-order valence-corrected chi connectivity index (χ3v) is 3.36. The van der Waals surface area contributed by atoms with Crippen LogP contribution in [-0.4, -0.2) is 11.7 Å². The Morgan fingerprint density at radius 2 is 1.65 bits per heavy atom. The first-order valence-electron chi connectivity index (χ1n) is 5.72. The van der Waals surface area contributed by atoms with Gasteiger partial charge in [0.05, 0.1) is 0 Å². The minimum Gasteiger partial charge on any atom is -0.489 e. The SMILES string of the molecule is Cc1ccccc1[C@]1(O)COc2ccccc21. The zero-order chi connectivity index (χ0) is 11.9. The van der Waals surface area contributed by atoms with E-state index < -0.39 is 5.60 Å². The first-order valence-corrected chi connectivity index (χ1v) is 5.72. The second-order valence-corrected chi connectivity index (χ2v) is 4.46. The van der Waals surface area contributed by atoms with Gasteiger partial charge < -0.3 is 9.84 Å². The fourth-order valence-electron chi connectivity index (χ4n) is 2.45. The minimum atomic E-state index is -1.01. The van der Waals surface area contributed by atoms with Crippen molar-refractivity contribution >= 4 is 0 Å². The predicted molar refractivity (Wildman–Crippen MR) is 66.1 cm³/mol. The van der Waals surface area contributed by atoms with Gasteiger partial charge in [0.2, 0.25) is 0 Å². The molecule has 0 bridgehead atoms. The number of benzene rings is 2. The van der Waals surface area contributed by atoms with Crippen molar-refractivity contribution < 1.29 is 9.84 Å². The maximum absolute atomic E-state index is 10.9. The highest BCUT2D eigenvalue weighted by atomic mass is 16.5. The molecule has 0 unspecified atom stereocenters. The normalized spacial score (nSPS) is 22.0. The number of hydrogen-bond acceptors (Lipinski definition) is 2. The molecule has 1 aliphatic rings. The molecule has 0 fully saturated rings. The molecule has 0 saturated heterocycles. The Hall–Kier alpha value is -1.80. The van der Waals surface area contributed by atoms with Gasteiger partial charge in [0.1, 0.15) is 12.4 Å². The van der Waals surface area contributed by atoms with Gasteiger partial charge in [-0.2, -0.15) is 0 Å². The van der Waals surface area contributed by atoms with Crippen LogP contribution in [0, 0.1) is 6.92 Å². The van der Waals surface area contributed by atoms with Gasteiger partial charge in [-0.1, -0.05) is 42.5 Å². The van der Waals surface area contributed by atoms with E-state index in [9.17, 15) is 5.11 Å². The summed E-state index contributed by atoms with van der Waals surface area (Å²) in [6, 6.07) is 15.6. The fraction of sp³-hybridized carbons (Fsp3) is 0.200. The molecule has 1 aliphatic heterocycles. The lowest BCUT2D eigenvalue weighted by atomic mass is 9.86. The van der Waals surface area contributed by atoms with Gasteiger partial charge in [-0.05, 0) is 24.1 Å². The van der Waals surface area contributed by atoms with Crippen molar-refractivity contribution in [2.45, 2.75) is 12.5 Å². The summed E-state index contributed by atoms with van der Waals surface area (Å²) in [6.07, 6.45) is 0. The van der Waals surface area contributed by atoms with Gasteiger partial charge in [0, 0.05) is 5.56 Å². The molecule has 1 atom stereocenters. The lowest BCUT2D eigenvalue weighted by Gasteiger charge is -2.23. The zero-order valence-electron chi connectivity index (χ0n) is 9.68. The van der Waals surface area contributed by atoms with Crippen LogP contribution in [0.3, 0.4) is 0 Å². The van der Waals surface area contributed by atoms with E-state index in [0.717, 1.165) is 22.4 Å². The van der Waals surface area contributed by atoms with Gasteiger partial charge in [-0.3, -0.25) is 0 Å². The van der Waals surface area contributed by atoms with Gasteiger partial charge in [0.15, 0.2) is 5.60 Å². The Labute approximate surface area is 100 Å². The van der Waals surface area contributed by atoms with Gasteiger partial charge in [-0.25, -0.2) is 0 Å². The maximum Gasteiger partial charge on any atom is 0.152 e. The molecule has 1 heterocycles. The molecule has 0 amide bonds. The van der Waals surface area contributed by atoms with E-state index in [2.05, 4.69) is 0 Å². The van der Waals surface area contributed by atoms with Crippen molar-refractivity contribution in [3.63, 3.8) is 0 Å². The Balaban J connectivity index is 2.19. The van der Waals surface area contributed by atoms with Crippen molar-refractivity contribution in [1.82, 2.24) is 0 Å². The fourth-order valence-corrected chi connectivity index (χ4v) is 2.45. The zero-order valence-corrected chi connectivity index (χ0v) is 9.68. The summed E-state index contributed by atoms with van der Waals surface area (Å²) in [5.41, 5.74) is 1.84. The highest BCUT2D eigenvalue weighted by Gasteiger charge is 2.40. The maximum atomic E-state index is 10.9. The number of hydrogen-bond donors (Lipinski definition) is 1. The average Bonchev–Trinajstić information content (AvgIpc) is 2.70. The number of ether oxygens (including phenoxy) is 1. The van der Waals surface area contributed by atoms with Crippen LogP contribution in [0.25, 0.3) is 0 Å². The topological polar surface area (TPSA) is 29.5 Å². The summed E-state index contributed by atoms with van der Waals surface area (Å²) in [7, 11) is 0. The molecule has 0 radical (unpaired) electrons. The molecule has 2 aromatic rings. The first-order chi connectivity index (χ1) is 8.22. The predicted octanol–water partition coefficient (Wildman–Crippen LogP) is 2.62. The molecule has 86 valence electrons. The van der Waals surface area contributed by atoms with Crippen molar-refractivity contribution in [3.05, 3.63) is 65.2 Å². The van der Waals surface area contributed by atoms with Crippen LogP contribution in [0.2, 0.25) is 0 Å². The highest BCUT2D eigenvalue weighted by Crippen LogP contribution is 2.42. The van der Waals surface area contributed by atoms with Crippen LogP contribution >= 0.6 is 0 Å². The Morgan fingerprint density at radius 1 is 1.00 bits per heavy atom. The summed E-state index contributed by atoms with van der Waals surface area (Å²) >= 11 is 0. The third kappa shape index (κ3) is 1.45. The summed E-state index contributed by atoms with van der Waals surface area (Å²) in [4.78, 5) is 0. The molecular weight excluding hydrogens is 212 g/mol. The van der Waals surface area contributed by atoms with Crippen LogP contribution in [0.5, 0.6) is 5.75 Å². The second kappa shape index (κ2) is 3.60. The smallest absolute Gasteiger partial charge is 0.152 e. The minimum absolute atomic E-state index is 0.289. The number of para-hydroxylation sites is 1. The summed E-state index contributed by atoms with van der Waals surface area (Å²) in [6.45, 7) is 2.30. The summed E-state index contributed by atoms with van der Waals surface area (Å²) in [5.74, 6) is 0.776. The van der Waals surface area contributed by atoms with E-state index in [0.29, 0.717) is 0 Å². The first kappa shape index (κ1) is 10.4. The molecule has 1 N–H and O–H groups in total. The highest BCUT2D eigenvalue weighted by molar-refractivity contribution is 5.50. The Morgan fingerprint density at radius 3 is 2.41 bits per heavy atom. The van der Waals surface area contributed by atoms with Crippen molar-refractivity contribution in [3.8, 4) is 5.75 Å². The molecule has 3 rings (SSSR count). The van der Waals surface area contributed by atoms with Gasteiger partial charge >= 0.3 is 0 Å². The Bertz CT molecular complexity index is 562. The van der Waals surface area contributed by atoms with E-state index in [1.807, 2.05) is 55.5 Å². The molecule has 17 heavy (non-hydrogen) atoms. The molecule has 0 aromatic heterocycles. The lowest BCUT2D eigenvalue weighted by molar-refractivity contribution is 0.0554. The molecule has 2 aromatic carbocycles. The van der Waals surface area contributed by atoms with E-state index in [-0.39, 0.29) is 6.61 Å². The number of rotatable bonds is 1. The number of aliphatic hydroxyl groups is 1. The average molecular weight is 226 g/mol. The van der Waals surface area contributed by atoms with Crippen LogP contribution in [-0.2, 0) is 5.60 Å². The molecule has 2 heteroatoms. The Kier molecular flexibility index (Phi) is 2.20. The van der Waals surface area contributed by atoms with Gasteiger partial charge in [-0.15, -0.1) is 0 Å². The standard InChI is InChI=1S/C15H14O2/c1-11-6-2-3-7-12(11)15(16)10-17-14-9-5-4-8-13(14)15/h2-9,16H,10H2,1H3/t15-/m1/s1. The molecule has 0 saturated carbocycles. The van der Waals surface area contributed by atoms with Crippen LogP contribution in [0.4, 0.5) is 0 Å². The van der Waals surface area contributed by atoms with Crippen molar-refractivity contribution in [1.29, 1.82) is 0 Å². The number of aryl methyl sites for hydroxylation is 1. The second-order valence-electron chi connectivity index (χ2n) is 4.46. The largest absolute Gasteiger partial charge is 0.489 e. The number of fused-ring (bicyclic) bond motifs is 1. The van der Waals surface area contributed by atoms with E-state index in [4.69, 9.17) is 4.74 Å². The van der Waals surface area contributed by atoms with Crippen LogP contribution in [0.15, 0.2) is 48.5 Å². The monoisotopic (exact) mass is 226 g/mol. The summed E-state index contributed by atoms with van der Waals surface area (Å²) in [5, 5.41) is 10.9. The molecular formula is C15H14O2. The van der Waals surface area contributed by atoms with E-state index in [1.54, 1.807) is 0 Å². The van der Waals surface area contributed by atoms with Crippen LogP contribution in [0.1, 0.15) is 16.7 Å². The molecule has 0 spiro atoms. The van der Waals surface area contributed by atoms with E-state index >= 15 is 0 Å². The lowest BCUT2D eigenvalue weighted by Crippen LogP contribution is -2.29. The summed E-state index contributed by atoms with van der Waals surface area (Å²) < 4.78 is 5.57. The van der Waals surface area contributed by atoms with Gasteiger partial charge in [0.25, 0.3) is 0 Å². The third-order valence-electron chi connectivity index (χ3n) is 3.36. The molecule has 0 aliphatic carbocycles. The van der Waals surface area contributed by atoms with E-state index in [1.165, 1.54) is 0 Å². The van der Waals surface area contributed by atoms with Crippen molar-refractivity contribution in [2.75, 3.05) is 6.61 Å². The molecule has 2 nitrogen and oxygen atoms in total.